The Hall–Kier alpha value is -3.62. The van der Waals surface area contributed by atoms with Gasteiger partial charge in [-0.1, -0.05) is 36.4 Å². The van der Waals surface area contributed by atoms with E-state index in [0.717, 1.165) is 55.7 Å². The molecule has 0 radical (unpaired) electrons. The second-order valence-electron chi connectivity index (χ2n) is 11.2. The van der Waals surface area contributed by atoms with Gasteiger partial charge in [-0.3, -0.25) is 34.5 Å². The number of benzene rings is 2. The van der Waals surface area contributed by atoms with Gasteiger partial charge in [-0.05, 0) is 49.3 Å². The van der Waals surface area contributed by atoms with Crippen molar-refractivity contribution in [2.45, 2.75) is 63.1 Å². The van der Waals surface area contributed by atoms with E-state index in [1.165, 1.54) is 23.3 Å². The SMILES string of the molecule is [2H][C@]1(N2C(=O)c3cccc4c(Cc5ccc(CN6CCC7(CCCO7)CC6)cc5)ncc2c34)CCC(=O)NC1=O. The molecular formula is C31H32N4O4. The molecule has 3 aromatic rings. The van der Waals surface area contributed by atoms with E-state index in [0.29, 0.717) is 23.1 Å². The largest absolute Gasteiger partial charge is 0.375 e. The lowest BCUT2D eigenvalue weighted by Crippen LogP contribution is -2.53. The highest BCUT2D eigenvalue weighted by Gasteiger charge is 2.41. The standard InChI is InChI=1S/C31H32N4O4/c36-27-10-9-25(29(37)33-27)35-26-18-32-24(22-3-1-4-23(28(22)26)30(35)38)17-20-5-7-21(8-6-20)19-34-14-12-31(13-15-34)11-2-16-39-31/h1,3-8,18,25H,2,9-17,19H2,(H,33,36,37)/t25-/m0/s1/i25D. The van der Waals surface area contributed by atoms with Gasteiger partial charge in [0.15, 0.2) is 0 Å². The van der Waals surface area contributed by atoms with E-state index in [1.807, 2.05) is 12.1 Å². The number of hydrogen-bond donors (Lipinski definition) is 1. The van der Waals surface area contributed by atoms with E-state index in [4.69, 9.17) is 11.1 Å². The Balaban J connectivity index is 1.10. The molecule has 4 aliphatic rings. The molecule has 8 nitrogen and oxygen atoms in total. The Bertz CT molecular complexity index is 1520. The summed E-state index contributed by atoms with van der Waals surface area (Å²) in [6, 6.07) is 12.2. The maximum Gasteiger partial charge on any atom is 0.259 e. The number of rotatable bonds is 5. The van der Waals surface area contributed by atoms with Crippen LogP contribution < -0.4 is 10.2 Å². The molecule has 2 aromatic carbocycles. The lowest BCUT2D eigenvalue weighted by Gasteiger charge is -2.38. The molecule has 5 heterocycles. The van der Waals surface area contributed by atoms with Crippen LogP contribution in [-0.2, 0) is 27.3 Å². The summed E-state index contributed by atoms with van der Waals surface area (Å²) in [7, 11) is 0. The topological polar surface area (TPSA) is 91.8 Å². The van der Waals surface area contributed by atoms with Gasteiger partial charge in [0.1, 0.15) is 6.02 Å². The number of carbonyl (C=O) groups is 3. The van der Waals surface area contributed by atoms with Crippen LogP contribution in [0.25, 0.3) is 10.8 Å². The van der Waals surface area contributed by atoms with Gasteiger partial charge < -0.3 is 4.74 Å². The van der Waals surface area contributed by atoms with Gasteiger partial charge >= 0.3 is 0 Å². The van der Waals surface area contributed by atoms with Gasteiger partial charge in [-0.25, -0.2) is 0 Å². The van der Waals surface area contributed by atoms with Crippen molar-refractivity contribution >= 4 is 34.2 Å². The van der Waals surface area contributed by atoms with Crippen LogP contribution in [0, 0.1) is 0 Å². The van der Waals surface area contributed by atoms with Gasteiger partial charge in [0.25, 0.3) is 5.91 Å². The van der Waals surface area contributed by atoms with Gasteiger partial charge in [0, 0.05) is 55.4 Å². The number of ether oxygens (including phenoxy) is 1. The third-order valence-electron chi connectivity index (χ3n) is 8.78. The maximum atomic E-state index is 13.5. The lowest BCUT2D eigenvalue weighted by atomic mass is 9.88. The predicted octanol–water partition coefficient (Wildman–Crippen LogP) is 3.74. The zero-order valence-corrected chi connectivity index (χ0v) is 21.9. The molecule has 200 valence electrons. The minimum Gasteiger partial charge on any atom is -0.375 e. The van der Waals surface area contributed by atoms with Crippen LogP contribution in [0.4, 0.5) is 5.69 Å². The van der Waals surface area contributed by atoms with Crippen molar-refractivity contribution in [3.8, 4) is 0 Å². The predicted molar refractivity (Wildman–Crippen MR) is 146 cm³/mol. The number of piperidine rings is 2. The number of pyridine rings is 1. The van der Waals surface area contributed by atoms with Crippen molar-refractivity contribution in [3.63, 3.8) is 0 Å². The zero-order chi connectivity index (χ0) is 27.5. The Morgan fingerprint density at radius 3 is 2.59 bits per heavy atom. The summed E-state index contributed by atoms with van der Waals surface area (Å²) in [6.45, 7) is 3.98. The molecule has 1 aromatic heterocycles. The molecule has 1 atom stereocenters. The highest BCUT2D eigenvalue weighted by Crippen LogP contribution is 2.40. The second-order valence-corrected chi connectivity index (χ2v) is 11.2. The molecule has 0 unspecified atom stereocenters. The Kier molecular flexibility index (Phi) is 5.69. The molecule has 1 spiro atoms. The van der Waals surface area contributed by atoms with E-state index >= 15 is 0 Å². The Labute approximate surface area is 228 Å². The van der Waals surface area contributed by atoms with Crippen molar-refractivity contribution in [3.05, 3.63) is 71.0 Å². The molecule has 1 N–H and O–H groups in total. The molecular weight excluding hydrogens is 492 g/mol. The molecule has 4 aliphatic heterocycles. The van der Waals surface area contributed by atoms with E-state index < -0.39 is 23.7 Å². The highest BCUT2D eigenvalue weighted by molar-refractivity contribution is 6.27. The van der Waals surface area contributed by atoms with E-state index in [1.54, 1.807) is 12.3 Å². The number of nitrogens with one attached hydrogen (secondary N) is 1. The Morgan fingerprint density at radius 1 is 1.05 bits per heavy atom. The van der Waals surface area contributed by atoms with Crippen LogP contribution in [-0.4, -0.2) is 58.9 Å². The minimum absolute atomic E-state index is 0.00691. The first-order valence-corrected chi connectivity index (χ1v) is 13.9. The zero-order valence-electron chi connectivity index (χ0n) is 22.9. The number of anilines is 1. The fourth-order valence-corrected chi connectivity index (χ4v) is 6.63. The van der Waals surface area contributed by atoms with Crippen molar-refractivity contribution in [1.29, 1.82) is 0 Å². The number of nitrogens with zero attached hydrogens (tertiary/aromatic N) is 3. The van der Waals surface area contributed by atoms with E-state index in [9.17, 15) is 14.4 Å². The third-order valence-corrected chi connectivity index (χ3v) is 8.78. The van der Waals surface area contributed by atoms with Crippen LogP contribution in [0.5, 0.6) is 0 Å². The average molecular weight is 526 g/mol. The summed E-state index contributed by atoms with van der Waals surface area (Å²) in [6.07, 6.45) is 6.77. The molecule has 3 saturated heterocycles. The van der Waals surface area contributed by atoms with Crippen LogP contribution in [0.3, 0.4) is 0 Å². The summed E-state index contributed by atoms with van der Waals surface area (Å²) in [5.74, 6) is -1.62. The first-order valence-electron chi connectivity index (χ1n) is 14.4. The summed E-state index contributed by atoms with van der Waals surface area (Å²) in [5.41, 5.74) is 4.28. The van der Waals surface area contributed by atoms with Crippen LogP contribution in [0.2, 0.25) is 0 Å². The van der Waals surface area contributed by atoms with Crippen molar-refractivity contribution in [2.75, 3.05) is 24.6 Å². The fourth-order valence-electron chi connectivity index (χ4n) is 6.63. The molecule has 0 aliphatic carbocycles. The van der Waals surface area contributed by atoms with Crippen molar-refractivity contribution in [2.24, 2.45) is 0 Å². The van der Waals surface area contributed by atoms with Gasteiger partial charge in [0.05, 0.1) is 24.5 Å². The van der Waals surface area contributed by atoms with Crippen molar-refractivity contribution < 1.29 is 20.5 Å². The molecule has 39 heavy (non-hydrogen) atoms. The Morgan fingerprint density at radius 2 is 1.85 bits per heavy atom. The van der Waals surface area contributed by atoms with E-state index in [2.05, 4.69) is 34.5 Å². The second kappa shape index (κ2) is 9.54. The van der Waals surface area contributed by atoms with Crippen LogP contribution in [0.1, 0.15) is 67.1 Å². The molecule has 8 heteroatoms. The van der Waals surface area contributed by atoms with E-state index in [-0.39, 0.29) is 18.4 Å². The summed E-state index contributed by atoms with van der Waals surface area (Å²) >= 11 is 0. The molecule has 0 bridgehead atoms. The third kappa shape index (κ3) is 4.32. The fraction of sp³-hybridized carbons (Fsp3) is 0.419. The number of aromatic nitrogens is 1. The van der Waals surface area contributed by atoms with Gasteiger partial charge in [-0.15, -0.1) is 0 Å². The molecule has 3 amide bonds. The molecule has 7 rings (SSSR count). The maximum absolute atomic E-state index is 13.5. The number of imide groups is 1. The van der Waals surface area contributed by atoms with Gasteiger partial charge in [0.2, 0.25) is 11.8 Å². The lowest BCUT2D eigenvalue weighted by molar-refractivity contribution is -0.134. The monoisotopic (exact) mass is 525 g/mol. The quantitative estimate of drug-likeness (QED) is 0.511. The van der Waals surface area contributed by atoms with Crippen LogP contribution >= 0.6 is 0 Å². The summed E-state index contributed by atoms with van der Waals surface area (Å²) in [4.78, 5) is 46.3. The molecule has 3 fully saturated rings. The summed E-state index contributed by atoms with van der Waals surface area (Å²) < 4.78 is 14.9. The first-order chi connectivity index (χ1) is 19.4. The smallest absolute Gasteiger partial charge is 0.259 e. The normalized spacial score (nSPS) is 25.0. The average Bonchev–Trinajstić information content (AvgIpc) is 3.54. The van der Waals surface area contributed by atoms with Crippen molar-refractivity contribution in [1.82, 2.24) is 15.2 Å². The minimum atomic E-state index is -1.89. The molecule has 0 saturated carbocycles. The number of hydrogen-bond acceptors (Lipinski definition) is 6. The number of carbonyl (C=O) groups excluding carboxylic acids is 3. The number of amides is 3. The van der Waals surface area contributed by atoms with Crippen LogP contribution in [0.15, 0.2) is 48.7 Å². The highest BCUT2D eigenvalue weighted by atomic mass is 16.5. The first kappa shape index (κ1) is 23.3. The van der Waals surface area contributed by atoms with Gasteiger partial charge in [-0.2, -0.15) is 0 Å². The number of likely N-dealkylation sites (tertiary alicyclic amines) is 1. The summed E-state index contributed by atoms with van der Waals surface area (Å²) in [5, 5.41) is 3.77.